The molecule has 1 aromatic heterocycles. The molecule has 0 radical (unpaired) electrons. The van der Waals surface area contributed by atoms with Gasteiger partial charge in [-0.3, -0.25) is 19.4 Å². The highest BCUT2D eigenvalue weighted by molar-refractivity contribution is 5.96. The molecule has 0 aromatic carbocycles. The molecule has 0 bridgehead atoms. The Morgan fingerprint density at radius 3 is 2.67 bits per heavy atom. The van der Waals surface area contributed by atoms with E-state index in [2.05, 4.69) is 11.1 Å². The summed E-state index contributed by atoms with van der Waals surface area (Å²) in [6.45, 7) is 1.38. The third-order valence-electron chi connectivity index (χ3n) is 5.11. The van der Waals surface area contributed by atoms with E-state index in [-0.39, 0.29) is 11.4 Å². The maximum atomic E-state index is 12.8. The van der Waals surface area contributed by atoms with Gasteiger partial charge in [-0.1, -0.05) is 12.1 Å². The monoisotopic (exact) mass is 366 g/mol. The van der Waals surface area contributed by atoms with Crippen LogP contribution in [0.1, 0.15) is 18.4 Å². The van der Waals surface area contributed by atoms with Crippen molar-refractivity contribution in [1.82, 2.24) is 9.88 Å². The van der Waals surface area contributed by atoms with Crippen LogP contribution in [0.25, 0.3) is 0 Å². The van der Waals surface area contributed by atoms with E-state index in [1.807, 2.05) is 0 Å². The summed E-state index contributed by atoms with van der Waals surface area (Å²) in [6, 6.07) is 3.84. The summed E-state index contributed by atoms with van der Waals surface area (Å²) in [5.41, 5.74) is 4.41. The minimum Gasteiger partial charge on any atom is -0.468 e. The number of hydrogen-bond donors (Lipinski definition) is 1. The Balaban J connectivity index is 2.29. The fourth-order valence-electron chi connectivity index (χ4n) is 4.02. The Hall–Kier alpha value is -3.47. The van der Waals surface area contributed by atoms with Crippen molar-refractivity contribution in [2.24, 2.45) is 11.1 Å². The molecule has 27 heavy (non-hydrogen) atoms. The van der Waals surface area contributed by atoms with Crippen LogP contribution >= 0.6 is 0 Å². The lowest BCUT2D eigenvalue weighted by molar-refractivity contribution is -0.150. The largest absolute Gasteiger partial charge is 0.468 e. The van der Waals surface area contributed by atoms with E-state index < -0.39 is 35.3 Å². The Bertz CT molecular complexity index is 902. The van der Waals surface area contributed by atoms with Gasteiger partial charge in [-0.2, -0.15) is 5.26 Å². The zero-order valence-corrected chi connectivity index (χ0v) is 14.8. The second kappa shape index (κ2) is 6.68. The molecule has 2 aliphatic heterocycles. The molecule has 2 N–H and O–H groups in total. The van der Waals surface area contributed by atoms with Crippen molar-refractivity contribution in [1.29, 1.82) is 5.26 Å². The average molecular weight is 366 g/mol. The summed E-state index contributed by atoms with van der Waals surface area (Å²) in [7, 11) is 1.20. The second-order valence-corrected chi connectivity index (χ2v) is 6.49. The number of carbonyl (C=O) groups excluding carboxylic acids is 3. The number of hydrogen-bond acceptors (Lipinski definition) is 7. The third kappa shape index (κ3) is 2.59. The molecule has 3 heterocycles. The fourth-order valence-corrected chi connectivity index (χ4v) is 4.02. The number of pyridine rings is 1. The Morgan fingerprint density at radius 2 is 2.15 bits per heavy atom. The van der Waals surface area contributed by atoms with Crippen molar-refractivity contribution < 1.29 is 19.1 Å². The summed E-state index contributed by atoms with van der Waals surface area (Å²) >= 11 is 0. The van der Waals surface area contributed by atoms with E-state index in [4.69, 9.17) is 10.5 Å². The first-order chi connectivity index (χ1) is 12.9. The minimum absolute atomic E-state index is 0.182. The predicted octanol–water partition coefficient (Wildman–Crippen LogP) is 0.429. The SMILES string of the molecule is COC(=O)[C@]1(C#N)[C@@H]2C=CC(C(N)=O)=CN2[C@@H](C(C)=O)[C@@H]1c1cccnc1. The average Bonchev–Trinajstić information content (AvgIpc) is 2.98. The molecule has 2 aliphatic rings. The first-order valence-electron chi connectivity index (χ1n) is 8.25. The van der Waals surface area contributed by atoms with Crippen molar-refractivity contribution >= 4 is 17.7 Å². The first-order valence-corrected chi connectivity index (χ1v) is 8.25. The molecule has 0 saturated carbocycles. The molecule has 1 aromatic rings. The van der Waals surface area contributed by atoms with Crippen molar-refractivity contribution in [3.63, 3.8) is 0 Å². The maximum absolute atomic E-state index is 12.8. The zero-order valence-electron chi connectivity index (χ0n) is 14.8. The molecular weight excluding hydrogens is 348 g/mol. The van der Waals surface area contributed by atoms with Crippen LogP contribution in [0.5, 0.6) is 0 Å². The number of esters is 1. The number of ketones is 1. The number of fused-ring (bicyclic) bond motifs is 1. The highest BCUT2D eigenvalue weighted by atomic mass is 16.5. The first kappa shape index (κ1) is 18.3. The smallest absolute Gasteiger partial charge is 0.329 e. The van der Waals surface area contributed by atoms with E-state index in [0.29, 0.717) is 5.56 Å². The lowest BCUT2D eigenvalue weighted by Gasteiger charge is -2.32. The molecule has 4 atom stereocenters. The van der Waals surface area contributed by atoms with Gasteiger partial charge in [0, 0.05) is 24.5 Å². The summed E-state index contributed by atoms with van der Waals surface area (Å²) in [4.78, 5) is 42.7. The van der Waals surface area contributed by atoms with Crippen LogP contribution in [0, 0.1) is 16.7 Å². The van der Waals surface area contributed by atoms with E-state index in [0.717, 1.165) is 0 Å². The predicted molar refractivity (Wildman–Crippen MR) is 93.6 cm³/mol. The molecule has 0 aliphatic carbocycles. The number of nitrogens with zero attached hydrogens (tertiary/aromatic N) is 3. The number of primary amides is 1. The summed E-state index contributed by atoms with van der Waals surface area (Å²) < 4.78 is 4.97. The molecule has 8 nitrogen and oxygen atoms in total. The molecule has 138 valence electrons. The van der Waals surface area contributed by atoms with Crippen LogP contribution in [0.2, 0.25) is 0 Å². The Kier molecular flexibility index (Phi) is 4.54. The van der Waals surface area contributed by atoms with Crippen LogP contribution in [0.3, 0.4) is 0 Å². The van der Waals surface area contributed by atoms with Crippen LogP contribution in [0.15, 0.2) is 48.5 Å². The molecule has 3 rings (SSSR count). The number of methoxy groups -OCH3 is 1. The topological polar surface area (TPSA) is 126 Å². The van der Waals surface area contributed by atoms with Crippen LogP contribution in [-0.2, 0) is 19.1 Å². The lowest BCUT2D eigenvalue weighted by atomic mass is 9.68. The summed E-state index contributed by atoms with van der Waals surface area (Å²) in [6.07, 6.45) is 7.53. The van der Waals surface area contributed by atoms with Crippen LogP contribution < -0.4 is 5.73 Å². The van der Waals surface area contributed by atoms with Gasteiger partial charge in [-0.05, 0) is 24.6 Å². The number of nitrogens with two attached hydrogens (primary N) is 1. The number of amides is 1. The zero-order chi connectivity index (χ0) is 19.8. The minimum atomic E-state index is -1.69. The molecule has 1 fully saturated rings. The fraction of sp³-hybridized carbons (Fsp3) is 0.316. The number of aromatic nitrogens is 1. The maximum Gasteiger partial charge on any atom is 0.329 e. The summed E-state index contributed by atoms with van der Waals surface area (Å²) in [5.74, 6) is -2.51. The standard InChI is InChI=1S/C19H18N4O4/c1-11(24)16-15(12-4-3-7-22-8-12)19(10-20,18(26)27-2)14-6-5-13(17(21)25)9-23(14)16/h3-9,14-16H,1-2H3,(H2,21,25)/t14-,15-,16-,19+/m0/s1. The number of ether oxygens (including phenoxy) is 1. The second-order valence-electron chi connectivity index (χ2n) is 6.49. The lowest BCUT2D eigenvalue weighted by Crippen LogP contribution is -2.45. The van der Waals surface area contributed by atoms with Crippen molar-refractivity contribution in [2.45, 2.75) is 24.9 Å². The van der Waals surface area contributed by atoms with Gasteiger partial charge < -0.3 is 15.4 Å². The van der Waals surface area contributed by atoms with Gasteiger partial charge in [0.2, 0.25) is 5.91 Å². The van der Waals surface area contributed by atoms with Crippen LogP contribution in [-0.4, -0.2) is 46.7 Å². The van der Waals surface area contributed by atoms with Gasteiger partial charge in [-0.15, -0.1) is 0 Å². The van der Waals surface area contributed by atoms with Gasteiger partial charge in [0.05, 0.1) is 30.8 Å². The van der Waals surface area contributed by atoms with E-state index >= 15 is 0 Å². The number of nitriles is 1. The molecule has 1 amide bonds. The molecular formula is C19H18N4O4. The highest BCUT2D eigenvalue weighted by Gasteiger charge is 2.66. The van der Waals surface area contributed by atoms with Crippen molar-refractivity contribution in [2.75, 3.05) is 7.11 Å². The molecule has 0 spiro atoms. The quantitative estimate of drug-likeness (QED) is 0.766. The highest BCUT2D eigenvalue weighted by Crippen LogP contribution is 2.53. The van der Waals surface area contributed by atoms with Crippen LogP contribution in [0.4, 0.5) is 0 Å². The molecule has 8 heteroatoms. The van der Waals surface area contributed by atoms with Gasteiger partial charge in [0.25, 0.3) is 0 Å². The van der Waals surface area contributed by atoms with Gasteiger partial charge >= 0.3 is 5.97 Å². The van der Waals surface area contributed by atoms with Crippen molar-refractivity contribution in [3.8, 4) is 6.07 Å². The van der Waals surface area contributed by atoms with Gasteiger partial charge in [-0.25, -0.2) is 0 Å². The molecule has 0 unspecified atom stereocenters. The van der Waals surface area contributed by atoms with E-state index in [9.17, 15) is 19.6 Å². The summed E-state index contributed by atoms with van der Waals surface area (Å²) in [5, 5.41) is 10.1. The number of rotatable bonds is 4. The van der Waals surface area contributed by atoms with E-state index in [1.54, 1.807) is 29.3 Å². The third-order valence-corrected chi connectivity index (χ3v) is 5.11. The van der Waals surface area contributed by atoms with E-state index in [1.165, 1.54) is 32.5 Å². The number of Topliss-reactive ketones (excluding diaryl/α,β-unsaturated/α-hetero) is 1. The van der Waals surface area contributed by atoms with Gasteiger partial charge in [0.15, 0.2) is 11.2 Å². The molecule has 1 saturated heterocycles. The normalized spacial score (nSPS) is 28.7. The number of carbonyl (C=O) groups is 3. The van der Waals surface area contributed by atoms with Crippen molar-refractivity contribution in [3.05, 3.63) is 54.0 Å². The Morgan fingerprint density at radius 1 is 1.41 bits per heavy atom. The van der Waals surface area contributed by atoms with Gasteiger partial charge in [0.1, 0.15) is 0 Å². The Labute approximate surface area is 155 Å².